The van der Waals surface area contributed by atoms with E-state index in [2.05, 4.69) is 0 Å². The second-order valence-electron chi connectivity index (χ2n) is 4.98. The Bertz CT molecular complexity index is 733. The van der Waals surface area contributed by atoms with Gasteiger partial charge in [-0.1, -0.05) is 24.3 Å². The van der Waals surface area contributed by atoms with Crippen LogP contribution >= 0.6 is 12.2 Å². The zero-order valence-corrected chi connectivity index (χ0v) is 12.7. The third-order valence-electron chi connectivity index (χ3n) is 3.40. The third-order valence-corrected chi connectivity index (χ3v) is 3.49. The number of nitrogens with zero attached hydrogens (tertiary/aromatic N) is 1. The van der Waals surface area contributed by atoms with Gasteiger partial charge in [0.2, 0.25) is 0 Å². The summed E-state index contributed by atoms with van der Waals surface area (Å²) in [7, 11) is 0. The highest BCUT2D eigenvalue weighted by molar-refractivity contribution is 7.80. The molecular weight excluding hydrogens is 298 g/mol. The van der Waals surface area contributed by atoms with Crippen molar-refractivity contribution in [1.29, 1.82) is 0 Å². The standard InChI is InChI=1S/C17H13NO3S/c1-11(22)21-13-8-6-12(7-9-13)10-18-16(19)14-4-2-3-5-15(14)17(18)20/h2-9H,10H2,1H3. The molecule has 0 aromatic heterocycles. The van der Waals surface area contributed by atoms with Gasteiger partial charge in [-0.05, 0) is 42.0 Å². The molecule has 0 fully saturated rings. The van der Waals surface area contributed by atoms with Crippen LogP contribution in [0.25, 0.3) is 0 Å². The van der Waals surface area contributed by atoms with Crippen LogP contribution in [0.3, 0.4) is 0 Å². The van der Waals surface area contributed by atoms with Gasteiger partial charge in [0, 0.05) is 6.92 Å². The summed E-state index contributed by atoms with van der Waals surface area (Å²) in [5, 5.41) is 0.438. The molecule has 0 N–H and O–H groups in total. The number of imide groups is 1. The van der Waals surface area contributed by atoms with Crippen molar-refractivity contribution in [3.8, 4) is 5.75 Å². The van der Waals surface area contributed by atoms with Gasteiger partial charge < -0.3 is 4.74 Å². The molecule has 22 heavy (non-hydrogen) atoms. The number of carbonyl (C=O) groups is 2. The highest BCUT2D eigenvalue weighted by Gasteiger charge is 2.34. The molecular formula is C17H13NO3S. The van der Waals surface area contributed by atoms with Gasteiger partial charge in [0.25, 0.3) is 11.8 Å². The molecule has 110 valence electrons. The van der Waals surface area contributed by atoms with Crippen molar-refractivity contribution in [2.75, 3.05) is 0 Å². The number of ether oxygens (including phenoxy) is 1. The monoisotopic (exact) mass is 311 g/mol. The Kier molecular flexibility index (Phi) is 3.73. The zero-order chi connectivity index (χ0) is 15.7. The predicted molar refractivity (Wildman–Crippen MR) is 86.0 cm³/mol. The fourth-order valence-electron chi connectivity index (χ4n) is 2.39. The minimum Gasteiger partial charge on any atom is -0.451 e. The van der Waals surface area contributed by atoms with Gasteiger partial charge in [0.15, 0.2) is 5.05 Å². The Morgan fingerprint density at radius 2 is 1.55 bits per heavy atom. The Labute approximate surface area is 133 Å². The van der Waals surface area contributed by atoms with E-state index in [1.165, 1.54) is 4.90 Å². The maximum absolute atomic E-state index is 12.3. The number of rotatable bonds is 3. The average molecular weight is 311 g/mol. The largest absolute Gasteiger partial charge is 0.451 e. The number of hydrogen-bond donors (Lipinski definition) is 0. The molecule has 0 atom stereocenters. The number of thiocarbonyl (C=S) groups is 1. The maximum Gasteiger partial charge on any atom is 0.261 e. The second kappa shape index (κ2) is 5.69. The Morgan fingerprint density at radius 3 is 2.05 bits per heavy atom. The first-order valence-corrected chi connectivity index (χ1v) is 7.19. The molecule has 3 rings (SSSR count). The summed E-state index contributed by atoms with van der Waals surface area (Å²) >= 11 is 4.88. The molecule has 1 heterocycles. The molecule has 1 aliphatic rings. The summed E-state index contributed by atoms with van der Waals surface area (Å²) < 4.78 is 5.32. The van der Waals surface area contributed by atoms with E-state index in [9.17, 15) is 9.59 Å². The van der Waals surface area contributed by atoms with E-state index in [4.69, 9.17) is 17.0 Å². The van der Waals surface area contributed by atoms with Crippen molar-refractivity contribution in [2.24, 2.45) is 0 Å². The predicted octanol–water partition coefficient (Wildman–Crippen LogP) is 3.21. The van der Waals surface area contributed by atoms with Crippen LogP contribution in [0.5, 0.6) is 5.75 Å². The van der Waals surface area contributed by atoms with Gasteiger partial charge in [-0.15, -0.1) is 0 Å². The zero-order valence-electron chi connectivity index (χ0n) is 11.9. The van der Waals surface area contributed by atoms with Gasteiger partial charge in [-0.2, -0.15) is 0 Å². The lowest BCUT2D eigenvalue weighted by atomic mass is 10.1. The van der Waals surface area contributed by atoms with E-state index >= 15 is 0 Å². The van der Waals surface area contributed by atoms with Gasteiger partial charge in [0.05, 0.1) is 17.7 Å². The lowest BCUT2D eigenvalue weighted by Gasteiger charge is -2.14. The average Bonchev–Trinajstić information content (AvgIpc) is 2.74. The van der Waals surface area contributed by atoms with Crippen LogP contribution in [0.1, 0.15) is 33.2 Å². The fraction of sp³-hybridized carbons (Fsp3) is 0.118. The summed E-state index contributed by atoms with van der Waals surface area (Å²) in [6.07, 6.45) is 0. The summed E-state index contributed by atoms with van der Waals surface area (Å²) in [6, 6.07) is 14.0. The molecule has 0 bridgehead atoms. The van der Waals surface area contributed by atoms with E-state index in [1.54, 1.807) is 43.3 Å². The fourth-order valence-corrected chi connectivity index (χ4v) is 2.49. The first kappa shape index (κ1) is 14.4. The van der Waals surface area contributed by atoms with Crippen LogP contribution in [0, 0.1) is 0 Å². The van der Waals surface area contributed by atoms with Crippen molar-refractivity contribution in [3.63, 3.8) is 0 Å². The van der Waals surface area contributed by atoms with E-state index in [0.717, 1.165) is 5.56 Å². The molecule has 0 radical (unpaired) electrons. The molecule has 0 spiro atoms. The van der Waals surface area contributed by atoms with Crippen molar-refractivity contribution in [1.82, 2.24) is 4.90 Å². The number of benzene rings is 2. The first-order chi connectivity index (χ1) is 10.6. The lowest BCUT2D eigenvalue weighted by molar-refractivity contribution is 0.0642. The molecule has 1 aliphatic heterocycles. The van der Waals surface area contributed by atoms with Gasteiger partial charge in [0.1, 0.15) is 5.75 Å². The SMILES string of the molecule is CC(=S)Oc1ccc(CN2C(=O)c3ccccc3C2=O)cc1. The quantitative estimate of drug-likeness (QED) is 0.645. The Morgan fingerprint density at radius 1 is 1.00 bits per heavy atom. The highest BCUT2D eigenvalue weighted by Crippen LogP contribution is 2.24. The van der Waals surface area contributed by atoms with Crippen molar-refractivity contribution < 1.29 is 14.3 Å². The first-order valence-electron chi connectivity index (χ1n) is 6.79. The number of fused-ring (bicyclic) bond motifs is 1. The van der Waals surface area contributed by atoms with E-state index in [1.807, 2.05) is 12.1 Å². The topological polar surface area (TPSA) is 46.6 Å². The Balaban J connectivity index is 1.78. The minimum atomic E-state index is -0.254. The van der Waals surface area contributed by atoms with Crippen LogP contribution in [-0.2, 0) is 6.54 Å². The summed E-state index contributed by atoms with van der Waals surface area (Å²) in [5.74, 6) is 0.130. The van der Waals surface area contributed by atoms with Crippen molar-refractivity contribution in [3.05, 3.63) is 65.2 Å². The van der Waals surface area contributed by atoms with Gasteiger partial charge >= 0.3 is 0 Å². The lowest BCUT2D eigenvalue weighted by Crippen LogP contribution is -2.29. The molecule has 0 saturated heterocycles. The van der Waals surface area contributed by atoms with E-state index in [-0.39, 0.29) is 18.4 Å². The van der Waals surface area contributed by atoms with Crippen molar-refractivity contribution in [2.45, 2.75) is 13.5 Å². The molecule has 5 heteroatoms. The summed E-state index contributed by atoms with van der Waals surface area (Å²) in [4.78, 5) is 25.8. The minimum absolute atomic E-state index is 0.239. The molecule has 2 aromatic carbocycles. The van der Waals surface area contributed by atoms with Crippen molar-refractivity contribution >= 4 is 29.1 Å². The van der Waals surface area contributed by atoms with Crippen LogP contribution in [0.15, 0.2) is 48.5 Å². The smallest absolute Gasteiger partial charge is 0.261 e. The number of hydrogen-bond acceptors (Lipinski definition) is 4. The second-order valence-corrected chi connectivity index (χ2v) is 5.55. The van der Waals surface area contributed by atoms with Crippen LogP contribution < -0.4 is 4.74 Å². The highest BCUT2D eigenvalue weighted by atomic mass is 32.1. The van der Waals surface area contributed by atoms with E-state index < -0.39 is 0 Å². The number of amides is 2. The molecule has 0 aliphatic carbocycles. The summed E-state index contributed by atoms with van der Waals surface area (Å²) in [6.45, 7) is 1.94. The third kappa shape index (κ3) is 2.63. The van der Waals surface area contributed by atoms with Crippen LogP contribution in [-0.4, -0.2) is 21.8 Å². The van der Waals surface area contributed by atoms with Crippen LogP contribution in [0.2, 0.25) is 0 Å². The summed E-state index contributed by atoms with van der Waals surface area (Å²) in [5.41, 5.74) is 1.77. The molecule has 4 nitrogen and oxygen atoms in total. The van der Waals surface area contributed by atoms with Crippen LogP contribution in [0.4, 0.5) is 0 Å². The van der Waals surface area contributed by atoms with Gasteiger partial charge in [-0.3, -0.25) is 14.5 Å². The normalized spacial score (nSPS) is 13.2. The maximum atomic E-state index is 12.3. The Hall–Kier alpha value is -2.53. The molecule has 2 amide bonds. The van der Waals surface area contributed by atoms with Gasteiger partial charge in [-0.25, -0.2) is 0 Å². The number of carbonyl (C=O) groups excluding carboxylic acids is 2. The molecule has 0 unspecified atom stereocenters. The molecule has 0 saturated carbocycles. The van der Waals surface area contributed by atoms with E-state index in [0.29, 0.717) is 21.9 Å². The molecule has 2 aromatic rings.